The maximum absolute atomic E-state index is 11.8. The molecular formula is C17H33N5O. The Kier molecular flexibility index (Phi) is 7.65. The topological polar surface area (TPSA) is 60.0 Å². The number of nitrogens with one attached hydrogen (secondary N) is 2. The molecule has 2 N–H and O–H groups in total. The molecule has 2 saturated heterocycles. The van der Waals surface area contributed by atoms with Crippen LogP contribution in [0.4, 0.5) is 0 Å². The number of hydrogen-bond acceptors (Lipinski definition) is 3. The SMILES string of the molecule is CCNC(=NCCCN1CCCC1)NC1CCN(C(=O)CC)C1. The maximum Gasteiger partial charge on any atom is 0.222 e. The maximum atomic E-state index is 11.8. The Morgan fingerprint density at radius 2 is 2.00 bits per heavy atom. The van der Waals surface area contributed by atoms with Gasteiger partial charge in [-0.15, -0.1) is 0 Å². The van der Waals surface area contributed by atoms with Crippen LogP contribution in [0.1, 0.15) is 46.0 Å². The molecule has 1 unspecified atom stereocenters. The molecule has 2 heterocycles. The van der Waals surface area contributed by atoms with E-state index in [2.05, 4.69) is 22.5 Å². The molecule has 0 spiro atoms. The number of guanidine groups is 1. The second-order valence-corrected chi connectivity index (χ2v) is 6.49. The lowest BCUT2D eigenvalue weighted by Crippen LogP contribution is -2.45. The normalized spacial score (nSPS) is 22.6. The molecule has 132 valence electrons. The van der Waals surface area contributed by atoms with Crippen molar-refractivity contribution >= 4 is 11.9 Å². The highest BCUT2D eigenvalue weighted by Crippen LogP contribution is 2.10. The number of amides is 1. The predicted molar refractivity (Wildman–Crippen MR) is 94.7 cm³/mol. The predicted octanol–water partition coefficient (Wildman–Crippen LogP) is 1.04. The Labute approximate surface area is 140 Å². The van der Waals surface area contributed by atoms with Crippen LogP contribution in [0.5, 0.6) is 0 Å². The molecule has 6 nitrogen and oxygen atoms in total. The van der Waals surface area contributed by atoms with Gasteiger partial charge in [-0.2, -0.15) is 0 Å². The number of carbonyl (C=O) groups excluding carboxylic acids is 1. The van der Waals surface area contributed by atoms with Crippen LogP contribution in [-0.2, 0) is 4.79 Å². The zero-order chi connectivity index (χ0) is 16.5. The van der Waals surface area contributed by atoms with Crippen molar-refractivity contribution in [1.82, 2.24) is 20.4 Å². The second-order valence-electron chi connectivity index (χ2n) is 6.49. The first kappa shape index (κ1) is 18.0. The Bertz CT molecular complexity index is 392. The van der Waals surface area contributed by atoms with E-state index in [9.17, 15) is 4.79 Å². The van der Waals surface area contributed by atoms with Gasteiger partial charge in [-0.25, -0.2) is 0 Å². The lowest BCUT2D eigenvalue weighted by molar-refractivity contribution is -0.129. The monoisotopic (exact) mass is 323 g/mol. The number of rotatable bonds is 7. The fourth-order valence-electron chi connectivity index (χ4n) is 3.33. The molecule has 6 heteroatoms. The molecule has 0 saturated carbocycles. The molecule has 2 aliphatic heterocycles. The molecule has 0 bridgehead atoms. The molecule has 0 aromatic rings. The molecule has 2 fully saturated rings. The van der Waals surface area contributed by atoms with E-state index in [1.165, 1.54) is 25.9 Å². The highest BCUT2D eigenvalue weighted by atomic mass is 16.2. The van der Waals surface area contributed by atoms with E-state index in [1.54, 1.807) is 0 Å². The molecular weight excluding hydrogens is 290 g/mol. The molecule has 0 aromatic heterocycles. The Morgan fingerprint density at radius 1 is 1.22 bits per heavy atom. The molecule has 0 aromatic carbocycles. The number of aliphatic imine (C=N–C) groups is 1. The van der Waals surface area contributed by atoms with E-state index in [1.807, 2.05) is 11.8 Å². The second kappa shape index (κ2) is 9.75. The van der Waals surface area contributed by atoms with Crippen LogP contribution in [0.15, 0.2) is 4.99 Å². The molecule has 0 aliphatic carbocycles. The summed E-state index contributed by atoms with van der Waals surface area (Å²) in [6.45, 7) is 11.1. The van der Waals surface area contributed by atoms with Crippen molar-refractivity contribution in [1.29, 1.82) is 0 Å². The van der Waals surface area contributed by atoms with Gasteiger partial charge in [0.2, 0.25) is 5.91 Å². The first-order valence-electron chi connectivity index (χ1n) is 9.28. The average Bonchev–Trinajstić information content (AvgIpc) is 3.22. The fraction of sp³-hybridized carbons (Fsp3) is 0.882. The number of hydrogen-bond donors (Lipinski definition) is 2. The summed E-state index contributed by atoms with van der Waals surface area (Å²) in [5.41, 5.74) is 0. The van der Waals surface area contributed by atoms with E-state index in [4.69, 9.17) is 4.99 Å². The van der Waals surface area contributed by atoms with E-state index in [0.29, 0.717) is 12.5 Å². The first-order chi connectivity index (χ1) is 11.2. The minimum Gasteiger partial charge on any atom is -0.357 e. The zero-order valence-electron chi connectivity index (χ0n) is 14.8. The molecule has 1 amide bonds. The fourth-order valence-corrected chi connectivity index (χ4v) is 3.33. The summed E-state index contributed by atoms with van der Waals surface area (Å²) < 4.78 is 0. The highest BCUT2D eigenvalue weighted by Gasteiger charge is 2.25. The van der Waals surface area contributed by atoms with E-state index >= 15 is 0 Å². The van der Waals surface area contributed by atoms with Crippen molar-refractivity contribution in [3.8, 4) is 0 Å². The summed E-state index contributed by atoms with van der Waals surface area (Å²) in [5.74, 6) is 1.14. The summed E-state index contributed by atoms with van der Waals surface area (Å²) in [5, 5.41) is 6.80. The Balaban J connectivity index is 1.72. The van der Waals surface area contributed by atoms with Gasteiger partial charge < -0.3 is 20.4 Å². The van der Waals surface area contributed by atoms with Crippen LogP contribution in [0.2, 0.25) is 0 Å². The van der Waals surface area contributed by atoms with Crippen molar-refractivity contribution in [3.05, 3.63) is 0 Å². The number of nitrogens with zero attached hydrogens (tertiary/aromatic N) is 3. The van der Waals surface area contributed by atoms with Crippen molar-refractivity contribution in [2.24, 2.45) is 4.99 Å². The molecule has 0 radical (unpaired) electrons. The molecule has 2 rings (SSSR count). The highest BCUT2D eigenvalue weighted by molar-refractivity contribution is 5.80. The van der Waals surface area contributed by atoms with Gasteiger partial charge in [-0.3, -0.25) is 9.79 Å². The average molecular weight is 323 g/mol. The third-order valence-corrected chi connectivity index (χ3v) is 4.63. The minimum absolute atomic E-state index is 0.252. The van der Waals surface area contributed by atoms with E-state index in [0.717, 1.165) is 51.5 Å². The van der Waals surface area contributed by atoms with Crippen molar-refractivity contribution < 1.29 is 4.79 Å². The standard InChI is InChI=1S/C17H33N5O/c1-3-16(23)22-13-8-15(14-22)20-17(18-4-2)19-9-7-12-21-10-5-6-11-21/h15H,3-14H2,1-2H3,(H2,18,19,20). The van der Waals surface area contributed by atoms with Crippen molar-refractivity contribution in [3.63, 3.8) is 0 Å². The summed E-state index contributed by atoms with van der Waals surface area (Å²) >= 11 is 0. The van der Waals surface area contributed by atoms with Gasteiger partial charge in [0.1, 0.15) is 0 Å². The van der Waals surface area contributed by atoms with Crippen LogP contribution < -0.4 is 10.6 Å². The zero-order valence-corrected chi connectivity index (χ0v) is 14.8. The van der Waals surface area contributed by atoms with Crippen molar-refractivity contribution in [2.75, 3.05) is 45.8 Å². The van der Waals surface area contributed by atoms with Gasteiger partial charge in [-0.1, -0.05) is 6.92 Å². The van der Waals surface area contributed by atoms with Crippen LogP contribution >= 0.6 is 0 Å². The van der Waals surface area contributed by atoms with Crippen LogP contribution in [-0.4, -0.2) is 73.5 Å². The number of carbonyl (C=O) groups is 1. The van der Waals surface area contributed by atoms with E-state index in [-0.39, 0.29) is 5.91 Å². The van der Waals surface area contributed by atoms with Gasteiger partial charge >= 0.3 is 0 Å². The van der Waals surface area contributed by atoms with Crippen LogP contribution in [0.25, 0.3) is 0 Å². The molecule has 1 atom stereocenters. The summed E-state index contributed by atoms with van der Waals surface area (Å²) in [4.78, 5) is 20.9. The molecule has 23 heavy (non-hydrogen) atoms. The van der Waals surface area contributed by atoms with E-state index < -0.39 is 0 Å². The largest absolute Gasteiger partial charge is 0.357 e. The lowest BCUT2D eigenvalue weighted by atomic mass is 10.3. The number of likely N-dealkylation sites (tertiary alicyclic amines) is 2. The summed E-state index contributed by atoms with van der Waals surface area (Å²) in [6.07, 6.45) is 5.41. The molecule has 2 aliphatic rings. The van der Waals surface area contributed by atoms with Gasteiger partial charge in [-0.05, 0) is 52.2 Å². The van der Waals surface area contributed by atoms with Crippen molar-refractivity contribution in [2.45, 2.75) is 52.0 Å². The van der Waals surface area contributed by atoms with Gasteiger partial charge in [0.25, 0.3) is 0 Å². The third kappa shape index (κ3) is 6.01. The third-order valence-electron chi connectivity index (χ3n) is 4.63. The summed E-state index contributed by atoms with van der Waals surface area (Å²) in [6, 6.07) is 0.321. The minimum atomic E-state index is 0.252. The first-order valence-corrected chi connectivity index (χ1v) is 9.28. The Morgan fingerprint density at radius 3 is 2.70 bits per heavy atom. The summed E-state index contributed by atoms with van der Waals surface area (Å²) in [7, 11) is 0. The van der Waals surface area contributed by atoms with Crippen LogP contribution in [0.3, 0.4) is 0 Å². The van der Waals surface area contributed by atoms with Gasteiger partial charge in [0, 0.05) is 38.6 Å². The smallest absolute Gasteiger partial charge is 0.222 e. The van der Waals surface area contributed by atoms with Gasteiger partial charge in [0.15, 0.2) is 5.96 Å². The quantitative estimate of drug-likeness (QED) is 0.417. The Hall–Kier alpha value is -1.30. The lowest BCUT2D eigenvalue weighted by Gasteiger charge is -2.19. The van der Waals surface area contributed by atoms with Crippen LogP contribution in [0, 0.1) is 0 Å². The van der Waals surface area contributed by atoms with Gasteiger partial charge in [0.05, 0.1) is 0 Å².